The molecule has 1 heterocycles. The van der Waals surface area contributed by atoms with Crippen LogP contribution in [-0.2, 0) is 0 Å². The smallest absolute Gasteiger partial charge is 0.320 e. The highest BCUT2D eigenvalue weighted by molar-refractivity contribution is 5.75. The summed E-state index contributed by atoms with van der Waals surface area (Å²) < 4.78 is 12.9. The Hall–Kier alpha value is -1.66. The number of aliphatic hydroxyl groups is 2. The Morgan fingerprint density at radius 3 is 2.43 bits per heavy atom. The topological polar surface area (TPSA) is 64.0 Å². The predicted molar refractivity (Wildman–Crippen MR) is 76.5 cm³/mol. The lowest BCUT2D eigenvalue weighted by atomic mass is 9.99. The van der Waals surface area contributed by atoms with E-state index in [1.165, 1.54) is 17.0 Å². The van der Waals surface area contributed by atoms with Gasteiger partial charge >= 0.3 is 6.03 Å². The normalized spacial score (nSPS) is 18.0. The van der Waals surface area contributed by atoms with Gasteiger partial charge in [-0.3, -0.25) is 0 Å². The molecule has 1 aliphatic heterocycles. The Kier molecular flexibility index (Phi) is 5.52. The molecule has 1 aromatic carbocycles. The van der Waals surface area contributed by atoms with E-state index >= 15 is 0 Å². The second-order valence-electron chi connectivity index (χ2n) is 5.20. The lowest BCUT2D eigenvalue weighted by Gasteiger charge is -2.27. The second kappa shape index (κ2) is 7.38. The molecule has 2 rings (SSSR count). The van der Waals surface area contributed by atoms with E-state index in [-0.39, 0.29) is 44.1 Å². The summed E-state index contributed by atoms with van der Waals surface area (Å²) in [5.41, 5.74) is 1.03. The third kappa shape index (κ3) is 3.92. The molecule has 5 nitrogen and oxygen atoms in total. The molecule has 1 saturated heterocycles. The van der Waals surface area contributed by atoms with E-state index in [9.17, 15) is 9.18 Å². The molecule has 1 atom stereocenters. The molecule has 6 heteroatoms. The van der Waals surface area contributed by atoms with Gasteiger partial charge in [-0.1, -0.05) is 12.1 Å². The number of halogens is 1. The summed E-state index contributed by atoms with van der Waals surface area (Å²) in [5, 5.41) is 18.0. The van der Waals surface area contributed by atoms with Gasteiger partial charge in [0, 0.05) is 32.1 Å². The van der Waals surface area contributed by atoms with Crippen LogP contribution in [-0.4, -0.2) is 65.4 Å². The molecule has 116 valence electrons. The van der Waals surface area contributed by atoms with Crippen molar-refractivity contribution in [2.24, 2.45) is 0 Å². The lowest BCUT2D eigenvalue weighted by Crippen LogP contribution is -2.44. The summed E-state index contributed by atoms with van der Waals surface area (Å²) >= 11 is 0. The van der Waals surface area contributed by atoms with Gasteiger partial charge in [-0.15, -0.1) is 0 Å². The Morgan fingerprint density at radius 2 is 1.86 bits per heavy atom. The fourth-order valence-corrected chi connectivity index (χ4v) is 2.69. The molecule has 2 N–H and O–H groups in total. The van der Waals surface area contributed by atoms with Gasteiger partial charge in [0.2, 0.25) is 0 Å². The predicted octanol–water partition coefficient (Wildman–Crippen LogP) is 1.02. The number of carbonyl (C=O) groups is 1. The van der Waals surface area contributed by atoms with Gasteiger partial charge < -0.3 is 20.0 Å². The first-order valence-corrected chi connectivity index (χ1v) is 7.16. The zero-order valence-electron chi connectivity index (χ0n) is 11.9. The van der Waals surface area contributed by atoms with Crippen molar-refractivity contribution in [3.05, 3.63) is 35.6 Å². The minimum Gasteiger partial charge on any atom is -0.395 e. The number of likely N-dealkylation sites (tertiary alicyclic amines) is 1. The van der Waals surface area contributed by atoms with E-state index in [0.717, 1.165) is 12.0 Å². The van der Waals surface area contributed by atoms with Gasteiger partial charge in [0.15, 0.2) is 0 Å². The molecule has 0 saturated carbocycles. The summed E-state index contributed by atoms with van der Waals surface area (Å²) in [6, 6.07) is 6.22. The number of aliphatic hydroxyl groups excluding tert-OH is 2. The average molecular weight is 296 g/mol. The van der Waals surface area contributed by atoms with Gasteiger partial charge in [-0.05, 0) is 24.1 Å². The van der Waals surface area contributed by atoms with E-state index in [1.54, 1.807) is 17.0 Å². The zero-order valence-corrected chi connectivity index (χ0v) is 11.9. The number of rotatable bonds is 5. The fraction of sp³-hybridized carbons (Fsp3) is 0.533. The van der Waals surface area contributed by atoms with Crippen molar-refractivity contribution in [3.63, 3.8) is 0 Å². The van der Waals surface area contributed by atoms with Crippen molar-refractivity contribution in [1.82, 2.24) is 9.80 Å². The van der Waals surface area contributed by atoms with Gasteiger partial charge in [0.1, 0.15) is 5.82 Å². The van der Waals surface area contributed by atoms with Crippen LogP contribution in [0, 0.1) is 5.82 Å². The molecule has 0 bridgehead atoms. The first kappa shape index (κ1) is 15.7. The molecular formula is C15H21FN2O3. The van der Waals surface area contributed by atoms with Crippen molar-refractivity contribution in [1.29, 1.82) is 0 Å². The average Bonchev–Trinajstić information content (AvgIpc) is 2.97. The minimum atomic E-state index is -0.262. The zero-order chi connectivity index (χ0) is 15.2. The third-order valence-electron chi connectivity index (χ3n) is 3.81. The quantitative estimate of drug-likeness (QED) is 0.853. The van der Waals surface area contributed by atoms with E-state index in [1.807, 2.05) is 0 Å². The van der Waals surface area contributed by atoms with Crippen molar-refractivity contribution >= 4 is 6.03 Å². The third-order valence-corrected chi connectivity index (χ3v) is 3.81. The SMILES string of the molecule is O=C(N(CCO)CCO)N1CCC(c2ccc(F)cc2)C1. The van der Waals surface area contributed by atoms with Crippen LogP contribution in [0.25, 0.3) is 0 Å². The van der Waals surface area contributed by atoms with Crippen LogP contribution in [0.1, 0.15) is 17.9 Å². The molecule has 21 heavy (non-hydrogen) atoms. The minimum absolute atomic E-state index is 0.124. The molecule has 1 aliphatic rings. The molecule has 0 aromatic heterocycles. The van der Waals surface area contributed by atoms with E-state index < -0.39 is 0 Å². The Balaban J connectivity index is 1.97. The molecule has 0 aliphatic carbocycles. The van der Waals surface area contributed by atoms with Crippen molar-refractivity contribution in [2.45, 2.75) is 12.3 Å². The summed E-state index contributed by atoms with van der Waals surface area (Å²) in [5.74, 6) is -0.0543. The number of nitrogens with zero attached hydrogens (tertiary/aromatic N) is 2. The van der Waals surface area contributed by atoms with Crippen molar-refractivity contribution in [2.75, 3.05) is 39.4 Å². The van der Waals surface area contributed by atoms with E-state index in [2.05, 4.69) is 0 Å². The fourth-order valence-electron chi connectivity index (χ4n) is 2.69. The van der Waals surface area contributed by atoms with Gasteiger partial charge in [-0.25, -0.2) is 9.18 Å². The van der Waals surface area contributed by atoms with Crippen LogP contribution >= 0.6 is 0 Å². The maximum Gasteiger partial charge on any atom is 0.320 e. The molecule has 2 amide bonds. The van der Waals surface area contributed by atoms with Gasteiger partial charge in [0.05, 0.1) is 13.2 Å². The van der Waals surface area contributed by atoms with Crippen LogP contribution < -0.4 is 0 Å². The Labute approximate surface area is 123 Å². The number of urea groups is 1. The molecule has 0 radical (unpaired) electrons. The number of amides is 2. The lowest BCUT2D eigenvalue weighted by molar-refractivity contribution is 0.133. The molecule has 1 unspecified atom stereocenters. The number of hydrogen-bond acceptors (Lipinski definition) is 3. The number of carbonyl (C=O) groups excluding carboxylic acids is 1. The maximum atomic E-state index is 12.9. The maximum absolute atomic E-state index is 12.9. The van der Waals surface area contributed by atoms with Gasteiger partial charge in [0.25, 0.3) is 0 Å². The highest BCUT2D eigenvalue weighted by Crippen LogP contribution is 2.27. The van der Waals surface area contributed by atoms with E-state index in [4.69, 9.17) is 10.2 Å². The van der Waals surface area contributed by atoms with Gasteiger partial charge in [-0.2, -0.15) is 0 Å². The molecule has 1 aromatic rings. The summed E-state index contributed by atoms with van der Waals surface area (Å²) in [6.07, 6.45) is 0.837. The highest BCUT2D eigenvalue weighted by atomic mass is 19.1. The number of hydrogen-bond donors (Lipinski definition) is 2. The standard InChI is InChI=1S/C15H21FN2O3/c16-14-3-1-12(2-4-14)13-5-6-18(11-13)15(21)17(7-9-19)8-10-20/h1-4,13,19-20H,5-11H2. The summed E-state index contributed by atoms with van der Waals surface area (Å²) in [7, 11) is 0. The summed E-state index contributed by atoms with van der Waals surface area (Å²) in [4.78, 5) is 15.5. The van der Waals surface area contributed by atoms with Crippen LogP contribution in [0.3, 0.4) is 0 Å². The van der Waals surface area contributed by atoms with Crippen LogP contribution in [0.2, 0.25) is 0 Å². The number of benzene rings is 1. The molecule has 1 fully saturated rings. The Morgan fingerprint density at radius 1 is 1.24 bits per heavy atom. The van der Waals surface area contributed by atoms with Crippen LogP contribution in [0.4, 0.5) is 9.18 Å². The first-order valence-electron chi connectivity index (χ1n) is 7.16. The van der Waals surface area contributed by atoms with Crippen LogP contribution in [0.5, 0.6) is 0 Å². The summed E-state index contributed by atoms with van der Waals surface area (Å²) in [6.45, 7) is 1.40. The van der Waals surface area contributed by atoms with Crippen molar-refractivity contribution < 1.29 is 19.4 Å². The van der Waals surface area contributed by atoms with Crippen LogP contribution in [0.15, 0.2) is 24.3 Å². The molecular weight excluding hydrogens is 275 g/mol. The Bertz CT molecular complexity index is 460. The van der Waals surface area contributed by atoms with E-state index in [0.29, 0.717) is 13.1 Å². The monoisotopic (exact) mass is 296 g/mol. The second-order valence-corrected chi connectivity index (χ2v) is 5.20. The highest BCUT2D eigenvalue weighted by Gasteiger charge is 2.29. The first-order chi connectivity index (χ1) is 10.2. The largest absolute Gasteiger partial charge is 0.395 e. The molecule has 0 spiro atoms. The van der Waals surface area contributed by atoms with Crippen molar-refractivity contribution in [3.8, 4) is 0 Å².